The van der Waals surface area contributed by atoms with Crippen molar-refractivity contribution >= 4 is 17.6 Å². The number of nitrogens with zero attached hydrogens (tertiary/aromatic N) is 3. The van der Waals surface area contributed by atoms with Crippen LogP contribution in [0.15, 0.2) is 91.3 Å². The van der Waals surface area contributed by atoms with Crippen molar-refractivity contribution in [3.8, 4) is 17.1 Å². The number of aromatic nitrogens is 3. The van der Waals surface area contributed by atoms with Crippen molar-refractivity contribution in [3.05, 3.63) is 102 Å². The first-order valence-corrected chi connectivity index (χ1v) is 13.0. The van der Waals surface area contributed by atoms with Crippen LogP contribution in [0.4, 0.5) is 0 Å². The fraction of sp³-hybridized carbons (Fsp3) is 0.233. The molecule has 198 valence electrons. The molecule has 0 aliphatic heterocycles. The van der Waals surface area contributed by atoms with Crippen molar-refractivity contribution in [1.29, 1.82) is 0 Å². The van der Waals surface area contributed by atoms with Gasteiger partial charge in [-0.15, -0.1) is 0 Å². The van der Waals surface area contributed by atoms with Gasteiger partial charge in [0.05, 0.1) is 17.4 Å². The number of hydrogen-bond acceptors (Lipinski definition) is 6. The lowest BCUT2D eigenvalue weighted by molar-refractivity contribution is -0.149. The lowest BCUT2D eigenvalue weighted by atomic mass is 10.0. The Bertz CT molecular complexity index is 1430. The van der Waals surface area contributed by atoms with Crippen LogP contribution in [0.2, 0.25) is 0 Å². The van der Waals surface area contributed by atoms with Crippen LogP contribution in [0, 0.1) is 0 Å². The van der Waals surface area contributed by atoms with Crippen LogP contribution < -0.4 is 10.8 Å². The summed E-state index contributed by atoms with van der Waals surface area (Å²) in [5, 5.41) is 7.35. The molecule has 2 N–H and O–H groups in total. The molecule has 0 saturated heterocycles. The summed E-state index contributed by atoms with van der Waals surface area (Å²) >= 11 is 0. The second-order valence-electron chi connectivity index (χ2n) is 9.42. The van der Waals surface area contributed by atoms with Gasteiger partial charge >= 0.3 is 5.91 Å². The second kappa shape index (κ2) is 12.3. The average Bonchev–Trinajstić information content (AvgIpc) is 3.69. The molecule has 0 radical (unpaired) electrons. The van der Waals surface area contributed by atoms with Gasteiger partial charge in [-0.3, -0.25) is 19.2 Å². The highest BCUT2D eigenvalue weighted by molar-refractivity contribution is 6.38. The molecule has 1 saturated carbocycles. The third-order valence-electron chi connectivity index (χ3n) is 6.66. The zero-order chi connectivity index (χ0) is 27.0. The SMILES string of the molecule is O=C(NOC1CCCC1)C(=O)[C@H](Cc1ccccc1)NC(=O)c1cccnc1-n1ccc(-c2ccccc2)n1. The monoisotopic (exact) mass is 523 g/mol. The number of carbonyl (C=O) groups is 3. The maximum Gasteiger partial charge on any atom is 0.313 e. The first-order chi connectivity index (χ1) is 19.1. The van der Waals surface area contributed by atoms with E-state index in [-0.39, 0.29) is 18.1 Å². The highest BCUT2D eigenvalue weighted by Crippen LogP contribution is 2.21. The van der Waals surface area contributed by atoms with E-state index in [4.69, 9.17) is 4.84 Å². The number of pyridine rings is 1. The molecule has 39 heavy (non-hydrogen) atoms. The van der Waals surface area contributed by atoms with Crippen molar-refractivity contribution in [2.45, 2.75) is 44.2 Å². The molecule has 1 aliphatic carbocycles. The second-order valence-corrected chi connectivity index (χ2v) is 9.42. The molecule has 4 aromatic rings. The summed E-state index contributed by atoms with van der Waals surface area (Å²) in [6.07, 6.45) is 7.05. The summed E-state index contributed by atoms with van der Waals surface area (Å²) in [5.74, 6) is -1.93. The fourth-order valence-electron chi connectivity index (χ4n) is 4.61. The third-order valence-corrected chi connectivity index (χ3v) is 6.66. The summed E-state index contributed by atoms with van der Waals surface area (Å²) in [4.78, 5) is 49.2. The third kappa shape index (κ3) is 6.45. The largest absolute Gasteiger partial charge is 0.341 e. The Hall–Kier alpha value is -4.63. The van der Waals surface area contributed by atoms with Gasteiger partial charge in [0.25, 0.3) is 5.91 Å². The molecular weight excluding hydrogens is 494 g/mol. The molecule has 0 spiro atoms. The van der Waals surface area contributed by atoms with E-state index in [1.165, 1.54) is 4.68 Å². The molecule has 2 amide bonds. The molecule has 2 heterocycles. The fourth-order valence-corrected chi connectivity index (χ4v) is 4.61. The normalized spacial score (nSPS) is 14.1. The molecule has 0 bridgehead atoms. The van der Waals surface area contributed by atoms with E-state index in [1.54, 1.807) is 24.5 Å². The molecule has 9 heteroatoms. The maximum absolute atomic E-state index is 13.5. The summed E-state index contributed by atoms with van der Waals surface area (Å²) in [5.41, 5.74) is 4.96. The van der Waals surface area contributed by atoms with Crippen molar-refractivity contribution in [3.63, 3.8) is 0 Å². The zero-order valence-electron chi connectivity index (χ0n) is 21.3. The number of hydrogen-bond donors (Lipinski definition) is 2. The molecule has 5 rings (SSSR count). The molecule has 1 atom stereocenters. The van der Waals surface area contributed by atoms with E-state index >= 15 is 0 Å². The molecule has 2 aromatic carbocycles. The number of carbonyl (C=O) groups excluding carboxylic acids is 3. The summed E-state index contributed by atoms with van der Waals surface area (Å²) < 4.78 is 1.52. The number of benzene rings is 2. The van der Waals surface area contributed by atoms with Gasteiger partial charge in [0.15, 0.2) is 5.82 Å². The van der Waals surface area contributed by atoms with Crippen LogP contribution in [0.5, 0.6) is 0 Å². The van der Waals surface area contributed by atoms with E-state index in [1.807, 2.05) is 66.7 Å². The van der Waals surface area contributed by atoms with Crippen LogP contribution in [0.3, 0.4) is 0 Å². The Morgan fingerprint density at radius 2 is 1.64 bits per heavy atom. The van der Waals surface area contributed by atoms with Crippen LogP contribution >= 0.6 is 0 Å². The van der Waals surface area contributed by atoms with Crippen LogP contribution in [0.1, 0.15) is 41.6 Å². The van der Waals surface area contributed by atoms with Crippen molar-refractivity contribution < 1.29 is 19.2 Å². The standard InChI is InChI=1S/C30H29N5O4/c36-27(30(38)34-39-23-14-7-8-15-23)26(20-21-10-3-1-4-11-21)32-29(37)24-16-9-18-31-28(24)35-19-17-25(33-35)22-12-5-2-6-13-22/h1-6,9-13,16-19,23,26H,7-8,14-15,20H2,(H,32,37)(H,34,38)/t26-/m0/s1. The number of hydroxylamine groups is 1. The highest BCUT2D eigenvalue weighted by Gasteiger charge is 2.30. The van der Waals surface area contributed by atoms with E-state index in [0.29, 0.717) is 5.82 Å². The topological polar surface area (TPSA) is 115 Å². The van der Waals surface area contributed by atoms with E-state index in [9.17, 15) is 14.4 Å². The molecule has 9 nitrogen and oxygen atoms in total. The Labute approximate surface area is 226 Å². The predicted octanol–water partition coefficient (Wildman–Crippen LogP) is 3.83. The van der Waals surface area contributed by atoms with Crippen LogP contribution in [0.25, 0.3) is 17.1 Å². The molecule has 0 unspecified atom stereocenters. The minimum Gasteiger partial charge on any atom is -0.341 e. The highest BCUT2D eigenvalue weighted by atomic mass is 16.7. The van der Waals surface area contributed by atoms with Gasteiger partial charge in [0.1, 0.15) is 6.04 Å². The van der Waals surface area contributed by atoms with Gasteiger partial charge in [-0.25, -0.2) is 15.1 Å². The van der Waals surface area contributed by atoms with Gasteiger partial charge in [-0.2, -0.15) is 5.10 Å². The van der Waals surface area contributed by atoms with Gasteiger partial charge < -0.3 is 5.32 Å². The summed E-state index contributed by atoms with van der Waals surface area (Å²) in [6.45, 7) is 0. The predicted molar refractivity (Wildman–Crippen MR) is 145 cm³/mol. The van der Waals surface area contributed by atoms with Gasteiger partial charge in [-0.05, 0) is 36.6 Å². The number of Topliss-reactive ketones (excluding diaryl/α,β-unsaturated/α-hetero) is 1. The van der Waals surface area contributed by atoms with Gasteiger partial charge in [-0.1, -0.05) is 73.5 Å². The number of rotatable bonds is 10. The zero-order valence-corrected chi connectivity index (χ0v) is 21.3. The van der Waals surface area contributed by atoms with Crippen molar-refractivity contribution in [2.75, 3.05) is 0 Å². The Morgan fingerprint density at radius 3 is 2.38 bits per heavy atom. The smallest absolute Gasteiger partial charge is 0.313 e. The van der Waals surface area contributed by atoms with Crippen LogP contribution in [-0.2, 0) is 20.8 Å². The Balaban J connectivity index is 1.36. The number of amides is 2. The maximum atomic E-state index is 13.5. The first kappa shape index (κ1) is 26.0. The summed E-state index contributed by atoms with van der Waals surface area (Å²) in [7, 11) is 0. The van der Waals surface area contributed by atoms with E-state index < -0.39 is 23.6 Å². The summed E-state index contributed by atoms with van der Waals surface area (Å²) in [6, 6.07) is 22.8. The molecule has 1 fully saturated rings. The average molecular weight is 524 g/mol. The van der Waals surface area contributed by atoms with Gasteiger partial charge in [0.2, 0.25) is 5.78 Å². The van der Waals surface area contributed by atoms with E-state index in [0.717, 1.165) is 42.5 Å². The quantitative estimate of drug-likeness (QED) is 0.241. The lowest BCUT2D eigenvalue weighted by Crippen LogP contribution is -2.49. The lowest BCUT2D eigenvalue weighted by Gasteiger charge is -2.19. The molecular formula is C30H29N5O4. The Morgan fingerprint density at radius 1 is 0.923 bits per heavy atom. The minimum atomic E-state index is -1.11. The number of ketones is 1. The van der Waals surface area contributed by atoms with Gasteiger partial charge in [0, 0.05) is 24.4 Å². The van der Waals surface area contributed by atoms with Crippen molar-refractivity contribution in [2.24, 2.45) is 0 Å². The van der Waals surface area contributed by atoms with Crippen LogP contribution in [-0.4, -0.2) is 44.5 Å². The minimum absolute atomic E-state index is 0.100. The first-order valence-electron chi connectivity index (χ1n) is 13.0. The number of nitrogens with one attached hydrogen (secondary N) is 2. The van der Waals surface area contributed by atoms with E-state index in [2.05, 4.69) is 20.9 Å². The Kier molecular flexibility index (Phi) is 8.18. The van der Waals surface area contributed by atoms with Crippen molar-refractivity contribution in [1.82, 2.24) is 25.6 Å². The molecule has 2 aromatic heterocycles. The molecule has 1 aliphatic rings.